The van der Waals surface area contributed by atoms with Crippen molar-refractivity contribution in [1.29, 1.82) is 0 Å². The van der Waals surface area contributed by atoms with Gasteiger partial charge < -0.3 is 9.84 Å². The Hall–Kier alpha value is -3.03. The minimum atomic E-state index is -0.294. The largest absolute Gasteiger partial charge is 0.338 e. The van der Waals surface area contributed by atoms with E-state index in [0.29, 0.717) is 29.0 Å². The fourth-order valence-corrected chi connectivity index (χ4v) is 3.23. The minimum absolute atomic E-state index is 0.0109. The van der Waals surface area contributed by atoms with E-state index in [4.69, 9.17) is 16.1 Å². The maximum absolute atomic E-state index is 13.5. The third kappa shape index (κ3) is 4.21. The fourth-order valence-electron chi connectivity index (χ4n) is 3.11. The van der Waals surface area contributed by atoms with Crippen molar-refractivity contribution in [3.8, 4) is 17.1 Å². The Bertz CT molecular complexity index is 1120. The number of nitrogens with one attached hydrogen (secondary N) is 1. The average Bonchev–Trinajstić information content (AvgIpc) is 3.33. The van der Waals surface area contributed by atoms with E-state index in [2.05, 4.69) is 20.6 Å². The van der Waals surface area contributed by atoms with Gasteiger partial charge in [0.25, 0.3) is 0 Å². The average molecular weight is 412 g/mol. The predicted molar refractivity (Wildman–Crippen MR) is 108 cm³/mol. The first-order chi connectivity index (χ1) is 14.0. The van der Waals surface area contributed by atoms with Crippen LogP contribution in [0.3, 0.4) is 0 Å². The molecule has 4 rings (SSSR count). The first-order valence-electron chi connectivity index (χ1n) is 9.13. The zero-order valence-corrected chi connectivity index (χ0v) is 16.7. The molecule has 0 aliphatic carbocycles. The molecule has 29 heavy (non-hydrogen) atoms. The highest BCUT2D eigenvalue weighted by Crippen LogP contribution is 2.22. The van der Waals surface area contributed by atoms with E-state index >= 15 is 0 Å². The summed E-state index contributed by atoms with van der Waals surface area (Å²) in [5.74, 6) is 0.705. The summed E-state index contributed by atoms with van der Waals surface area (Å²) in [7, 11) is 0. The summed E-state index contributed by atoms with van der Waals surface area (Å²) in [5.41, 5.74) is 3.46. The number of hydrogen-bond acceptors (Lipinski definition) is 5. The quantitative estimate of drug-likeness (QED) is 0.490. The molecule has 0 bridgehead atoms. The van der Waals surface area contributed by atoms with Gasteiger partial charge in [-0.2, -0.15) is 10.1 Å². The molecule has 1 N–H and O–H groups in total. The topological polar surface area (TPSA) is 68.8 Å². The van der Waals surface area contributed by atoms with Crippen LogP contribution in [0.5, 0.6) is 0 Å². The van der Waals surface area contributed by atoms with Gasteiger partial charge in [-0.3, -0.25) is 0 Å². The number of nitrogens with zero attached hydrogens (tertiary/aromatic N) is 4. The van der Waals surface area contributed by atoms with Crippen LogP contribution in [-0.2, 0) is 6.54 Å². The zero-order valence-electron chi connectivity index (χ0n) is 15.9. The number of halogens is 2. The van der Waals surface area contributed by atoms with Gasteiger partial charge in [-0.25, -0.2) is 9.07 Å². The molecule has 6 nitrogen and oxygen atoms in total. The first-order valence-corrected chi connectivity index (χ1v) is 9.51. The van der Waals surface area contributed by atoms with Crippen LogP contribution in [0.15, 0.2) is 59.3 Å². The number of benzene rings is 2. The fraction of sp³-hybridized carbons (Fsp3) is 0.190. The van der Waals surface area contributed by atoms with E-state index in [-0.39, 0.29) is 11.9 Å². The van der Waals surface area contributed by atoms with Gasteiger partial charge >= 0.3 is 0 Å². The van der Waals surface area contributed by atoms with Crippen molar-refractivity contribution in [3.05, 3.63) is 82.7 Å². The normalized spacial score (nSPS) is 12.3. The molecule has 2 heterocycles. The summed E-state index contributed by atoms with van der Waals surface area (Å²) in [6, 6.07) is 13.6. The lowest BCUT2D eigenvalue weighted by Gasteiger charge is -2.12. The summed E-state index contributed by atoms with van der Waals surface area (Å²) in [4.78, 5) is 4.41. The highest BCUT2D eigenvalue weighted by molar-refractivity contribution is 6.30. The van der Waals surface area contributed by atoms with Crippen molar-refractivity contribution >= 4 is 11.6 Å². The molecule has 0 radical (unpaired) electrons. The Morgan fingerprint density at radius 2 is 2.00 bits per heavy atom. The van der Waals surface area contributed by atoms with Crippen molar-refractivity contribution in [2.45, 2.75) is 26.4 Å². The molecule has 148 valence electrons. The second-order valence-corrected chi connectivity index (χ2v) is 7.13. The summed E-state index contributed by atoms with van der Waals surface area (Å²) < 4.78 is 20.6. The van der Waals surface area contributed by atoms with E-state index in [1.807, 2.05) is 32.0 Å². The van der Waals surface area contributed by atoms with Crippen molar-refractivity contribution in [2.75, 3.05) is 0 Å². The Morgan fingerprint density at radius 3 is 2.76 bits per heavy atom. The number of hydrogen-bond donors (Lipinski definition) is 1. The molecule has 0 unspecified atom stereocenters. The maximum atomic E-state index is 13.5. The number of rotatable bonds is 6. The molecule has 0 aliphatic heterocycles. The smallest absolute Gasteiger partial charge is 0.240 e. The minimum Gasteiger partial charge on any atom is -0.338 e. The monoisotopic (exact) mass is 411 g/mol. The van der Waals surface area contributed by atoms with Gasteiger partial charge in [-0.15, -0.1) is 0 Å². The molecule has 0 saturated heterocycles. The van der Waals surface area contributed by atoms with E-state index in [9.17, 15) is 4.39 Å². The maximum Gasteiger partial charge on any atom is 0.240 e. The van der Waals surface area contributed by atoms with Crippen LogP contribution in [0, 0.1) is 12.7 Å². The molecular weight excluding hydrogens is 393 g/mol. The van der Waals surface area contributed by atoms with Crippen molar-refractivity contribution < 1.29 is 8.91 Å². The van der Waals surface area contributed by atoms with Crippen LogP contribution in [0.1, 0.15) is 30.1 Å². The highest BCUT2D eigenvalue weighted by Gasteiger charge is 2.16. The van der Waals surface area contributed by atoms with Crippen LogP contribution < -0.4 is 5.32 Å². The van der Waals surface area contributed by atoms with Gasteiger partial charge in [0.15, 0.2) is 0 Å². The molecule has 0 amide bonds. The van der Waals surface area contributed by atoms with E-state index in [1.54, 1.807) is 29.1 Å². The Morgan fingerprint density at radius 1 is 1.21 bits per heavy atom. The Kier molecular flexibility index (Phi) is 5.42. The lowest BCUT2D eigenvalue weighted by atomic mass is 10.1. The second kappa shape index (κ2) is 8.14. The molecule has 0 spiro atoms. The molecule has 0 aliphatic rings. The SMILES string of the molecule is Cc1c([C@@H](C)NCc2nc(-c3ccc(Cl)cc3)no2)cnn1-c1cccc(F)c1. The summed E-state index contributed by atoms with van der Waals surface area (Å²) in [5, 5.41) is 12.4. The van der Waals surface area contributed by atoms with Crippen LogP contribution >= 0.6 is 11.6 Å². The highest BCUT2D eigenvalue weighted by atomic mass is 35.5. The summed E-state index contributed by atoms with van der Waals surface area (Å²) >= 11 is 5.91. The van der Waals surface area contributed by atoms with Crippen LogP contribution in [0.4, 0.5) is 4.39 Å². The van der Waals surface area contributed by atoms with Gasteiger partial charge in [0.1, 0.15) is 5.82 Å². The van der Waals surface area contributed by atoms with Crippen LogP contribution in [0.25, 0.3) is 17.1 Å². The molecule has 0 fully saturated rings. The Labute approximate surface area is 172 Å². The lowest BCUT2D eigenvalue weighted by Crippen LogP contribution is -2.19. The third-order valence-electron chi connectivity index (χ3n) is 4.70. The van der Waals surface area contributed by atoms with Gasteiger partial charge in [-0.1, -0.05) is 22.8 Å². The van der Waals surface area contributed by atoms with Gasteiger partial charge in [0.05, 0.1) is 18.4 Å². The van der Waals surface area contributed by atoms with E-state index in [0.717, 1.165) is 16.8 Å². The standard InChI is InChI=1S/C21H19ClFN5O/c1-13(19-11-25-28(14(19)2)18-5-3-4-17(23)10-18)24-12-20-26-21(27-29-20)15-6-8-16(22)9-7-15/h3-11,13,24H,12H2,1-2H3/t13-/m1/s1. The second-order valence-electron chi connectivity index (χ2n) is 6.70. The predicted octanol–water partition coefficient (Wildman–Crippen LogP) is 4.87. The molecular formula is C21H19ClFN5O. The zero-order chi connectivity index (χ0) is 20.4. The summed E-state index contributed by atoms with van der Waals surface area (Å²) in [6.07, 6.45) is 1.78. The molecule has 1 atom stereocenters. The molecule has 0 saturated carbocycles. The van der Waals surface area contributed by atoms with Crippen LogP contribution in [0.2, 0.25) is 5.02 Å². The summed E-state index contributed by atoms with van der Waals surface area (Å²) in [6.45, 7) is 4.39. The van der Waals surface area contributed by atoms with Crippen molar-refractivity contribution in [1.82, 2.24) is 25.2 Å². The van der Waals surface area contributed by atoms with Crippen molar-refractivity contribution in [3.63, 3.8) is 0 Å². The molecule has 4 aromatic rings. The Balaban J connectivity index is 1.44. The van der Waals surface area contributed by atoms with E-state index < -0.39 is 0 Å². The van der Waals surface area contributed by atoms with Crippen molar-refractivity contribution in [2.24, 2.45) is 0 Å². The lowest BCUT2D eigenvalue weighted by molar-refractivity contribution is 0.360. The molecule has 2 aromatic heterocycles. The molecule has 2 aromatic carbocycles. The van der Waals surface area contributed by atoms with Gasteiger partial charge in [0.2, 0.25) is 11.7 Å². The van der Waals surface area contributed by atoms with Gasteiger partial charge in [-0.05, 0) is 56.3 Å². The molecule has 8 heteroatoms. The third-order valence-corrected chi connectivity index (χ3v) is 4.95. The van der Waals surface area contributed by atoms with Crippen LogP contribution in [-0.4, -0.2) is 19.9 Å². The van der Waals surface area contributed by atoms with Gasteiger partial charge in [0, 0.05) is 27.9 Å². The van der Waals surface area contributed by atoms with E-state index in [1.165, 1.54) is 12.1 Å². The first kappa shape index (κ1) is 19.3. The number of aromatic nitrogens is 4.